The Bertz CT molecular complexity index is 968. The Hall–Kier alpha value is -2.86. The van der Waals surface area contributed by atoms with E-state index in [-0.39, 0.29) is 12.1 Å². The third-order valence-electron chi connectivity index (χ3n) is 5.20. The molecule has 150 valence electrons. The Morgan fingerprint density at radius 1 is 1.10 bits per heavy atom. The van der Waals surface area contributed by atoms with E-state index in [0.29, 0.717) is 17.8 Å². The van der Waals surface area contributed by atoms with Crippen LogP contribution in [0.1, 0.15) is 50.3 Å². The molecule has 0 amide bonds. The van der Waals surface area contributed by atoms with E-state index in [2.05, 4.69) is 70.1 Å². The van der Waals surface area contributed by atoms with Crippen molar-refractivity contribution >= 4 is 23.0 Å². The summed E-state index contributed by atoms with van der Waals surface area (Å²) in [6.07, 6.45) is 3.96. The number of anilines is 1. The molecule has 5 nitrogen and oxygen atoms in total. The zero-order valence-corrected chi connectivity index (χ0v) is 17.8. The zero-order chi connectivity index (χ0) is 20.4. The highest BCUT2D eigenvalue weighted by Crippen LogP contribution is 2.42. The van der Waals surface area contributed by atoms with Crippen molar-refractivity contribution < 1.29 is 4.74 Å². The molecule has 2 unspecified atom stereocenters. The van der Waals surface area contributed by atoms with E-state index in [1.807, 2.05) is 37.4 Å². The standard InChI is InChI=1S/C23H26N4OS/c1-4-28-18-12-10-17(11-13-18)27-22(20-9-7-15-26(20)16(2)3)21(25-23(27)29)19-8-5-6-14-24-19/h5-16,21-22H,4H2,1-3H3,(H,25,29). The van der Waals surface area contributed by atoms with Crippen molar-refractivity contribution in [2.24, 2.45) is 0 Å². The predicted molar refractivity (Wildman–Crippen MR) is 120 cm³/mol. The van der Waals surface area contributed by atoms with Crippen molar-refractivity contribution in [3.05, 3.63) is 78.4 Å². The van der Waals surface area contributed by atoms with Crippen molar-refractivity contribution in [1.29, 1.82) is 0 Å². The second-order valence-corrected chi connectivity index (χ2v) is 7.74. The minimum Gasteiger partial charge on any atom is -0.494 e. The average molecular weight is 407 g/mol. The van der Waals surface area contributed by atoms with Crippen LogP contribution in [0.5, 0.6) is 5.75 Å². The topological polar surface area (TPSA) is 42.3 Å². The molecule has 4 rings (SSSR count). The van der Waals surface area contributed by atoms with Gasteiger partial charge >= 0.3 is 0 Å². The van der Waals surface area contributed by atoms with E-state index in [0.717, 1.165) is 17.1 Å². The van der Waals surface area contributed by atoms with Gasteiger partial charge in [0.25, 0.3) is 0 Å². The first-order valence-corrected chi connectivity index (χ1v) is 10.4. The molecule has 1 aliphatic heterocycles. The fourth-order valence-electron chi connectivity index (χ4n) is 3.93. The molecule has 2 aromatic heterocycles. The van der Waals surface area contributed by atoms with Crippen LogP contribution in [0.15, 0.2) is 67.0 Å². The molecular formula is C23H26N4OS. The first-order chi connectivity index (χ1) is 14.1. The Labute approximate surface area is 177 Å². The molecule has 0 saturated carbocycles. The van der Waals surface area contributed by atoms with Crippen molar-refractivity contribution in [1.82, 2.24) is 14.9 Å². The Balaban J connectivity index is 1.80. The van der Waals surface area contributed by atoms with Gasteiger partial charge in [-0.1, -0.05) is 6.07 Å². The third kappa shape index (κ3) is 3.72. The number of nitrogens with zero attached hydrogens (tertiary/aromatic N) is 3. The van der Waals surface area contributed by atoms with E-state index in [9.17, 15) is 0 Å². The van der Waals surface area contributed by atoms with E-state index in [1.165, 1.54) is 5.69 Å². The monoisotopic (exact) mass is 406 g/mol. The van der Waals surface area contributed by atoms with Crippen LogP contribution in [-0.4, -0.2) is 21.3 Å². The quantitative estimate of drug-likeness (QED) is 0.581. The normalized spacial score (nSPS) is 18.9. The van der Waals surface area contributed by atoms with Crippen molar-refractivity contribution in [3.63, 3.8) is 0 Å². The minimum absolute atomic E-state index is 0.00672. The van der Waals surface area contributed by atoms with E-state index >= 15 is 0 Å². The number of nitrogens with one attached hydrogen (secondary N) is 1. The van der Waals surface area contributed by atoms with Crippen molar-refractivity contribution in [3.8, 4) is 5.75 Å². The summed E-state index contributed by atoms with van der Waals surface area (Å²) < 4.78 is 7.91. The number of ether oxygens (including phenoxy) is 1. The molecule has 2 atom stereocenters. The molecule has 1 fully saturated rings. The number of hydrogen-bond donors (Lipinski definition) is 1. The second kappa shape index (κ2) is 8.25. The number of hydrogen-bond acceptors (Lipinski definition) is 3. The molecule has 3 aromatic rings. The van der Waals surface area contributed by atoms with E-state index < -0.39 is 0 Å². The molecule has 0 bridgehead atoms. The van der Waals surface area contributed by atoms with Crippen molar-refractivity contribution in [2.75, 3.05) is 11.5 Å². The summed E-state index contributed by atoms with van der Waals surface area (Å²) in [4.78, 5) is 6.81. The average Bonchev–Trinajstić information content (AvgIpc) is 3.34. The molecule has 0 spiro atoms. The molecule has 1 aliphatic rings. The second-order valence-electron chi connectivity index (χ2n) is 7.36. The lowest BCUT2D eigenvalue weighted by molar-refractivity contribution is 0.340. The number of rotatable bonds is 6. The predicted octanol–water partition coefficient (Wildman–Crippen LogP) is 5.04. The lowest BCUT2D eigenvalue weighted by atomic mass is 10.0. The number of benzene rings is 1. The smallest absolute Gasteiger partial charge is 0.174 e. The van der Waals surface area contributed by atoms with Crippen LogP contribution in [0.25, 0.3) is 0 Å². The lowest BCUT2D eigenvalue weighted by Crippen LogP contribution is -2.30. The SMILES string of the molecule is CCOc1ccc(N2C(=S)NC(c3ccccn3)C2c2cccn2C(C)C)cc1. The van der Waals surface area contributed by atoms with Crippen LogP contribution in [0, 0.1) is 0 Å². The maximum absolute atomic E-state index is 5.79. The number of pyridine rings is 1. The fourth-order valence-corrected chi connectivity index (χ4v) is 4.28. The van der Waals surface area contributed by atoms with Gasteiger partial charge in [-0.3, -0.25) is 4.98 Å². The summed E-state index contributed by atoms with van der Waals surface area (Å²) in [7, 11) is 0. The Kier molecular flexibility index (Phi) is 5.53. The molecule has 6 heteroatoms. The lowest BCUT2D eigenvalue weighted by Gasteiger charge is -2.30. The molecule has 1 N–H and O–H groups in total. The maximum Gasteiger partial charge on any atom is 0.174 e. The molecule has 29 heavy (non-hydrogen) atoms. The highest BCUT2D eigenvalue weighted by Gasteiger charge is 2.42. The molecule has 0 aliphatic carbocycles. The van der Waals surface area contributed by atoms with Crippen molar-refractivity contribution in [2.45, 2.75) is 38.9 Å². The molecule has 0 radical (unpaired) electrons. The van der Waals surface area contributed by atoms with Crippen LogP contribution < -0.4 is 15.0 Å². The van der Waals surface area contributed by atoms with Crippen LogP contribution in [0.4, 0.5) is 5.69 Å². The van der Waals surface area contributed by atoms with Gasteiger partial charge in [0.05, 0.1) is 18.3 Å². The summed E-state index contributed by atoms with van der Waals surface area (Å²) in [6.45, 7) is 7.03. The minimum atomic E-state index is -0.0392. The molecular weight excluding hydrogens is 380 g/mol. The summed E-state index contributed by atoms with van der Waals surface area (Å²) in [5.74, 6) is 0.859. The van der Waals surface area contributed by atoms with Gasteiger partial charge in [0.2, 0.25) is 0 Å². The maximum atomic E-state index is 5.79. The Morgan fingerprint density at radius 2 is 1.90 bits per heavy atom. The summed E-state index contributed by atoms with van der Waals surface area (Å²) >= 11 is 5.79. The Morgan fingerprint density at radius 3 is 2.55 bits per heavy atom. The number of thiocarbonyl (C=S) groups is 1. The van der Waals surface area contributed by atoms with Gasteiger partial charge in [-0.05, 0) is 81.5 Å². The summed E-state index contributed by atoms with van der Waals surface area (Å²) in [5.41, 5.74) is 3.22. The third-order valence-corrected chi connectivity index (χ3v) is 5.51. The first-order valence-electron chi connectivity index (χ1n) is 10.0. The van der Waals surface area contributed by atoms with Crippen LogP contribution in [-0.2, 0) is 0 Å². The molecule has 1 aromatic carbocycles. The molecule has 3 heterocycles. The first kappa shape index (κ1) is 19.5. The van der Waals surface area contributed by atoms with Crippen LogP contribution in [0.3, 0.4) is 0 Å². The van der Waals surface area contributed by atoms with Gasteiger partial charge < -0.3 is 19.5 Å². The van der Waals surface area contributed by atoms with Crippen LogP contribution >= 0.6 is 12.2 Å². The van der Waals surface area contributed by atoms with Crippen LogP contribution in [0.2, 0.25) is 0 Å². The van der Waals surface area contributed by atoms with E-state index in [4.69, 9.17) is 17.0 Å². The largest absolute Gasteiger partial charge is 0.494 e. The van der Waals surface area contributed by atoms with E-state index in [1.54, 1.807) is 0 Å². The zero-order valence-electron chi connectivity index (χ0n) is 16.9. The fraction of sp³-hybridized carbons (Fsp3) is 0.304. The van der Waals surface area contributed by atoms with Gasteiger partial charge in [0.1, 0.15) is 11.8 Å². The summed E-state index contributed by atoms with van der Waals surface area (Å²) in [6, 6.07) is 18.7. The van der Waals surface area contributed by atoms with Gasteiger partial charge in [-0.25, -0.2) is 0 Å². The van der Waals surface area contributed by atoms with Gasteiger partial charge in [-0.15, -0.1) is 0 Å². The van der Waals surface area contributed by atoms with Gasteiger partial charge in [-0.2, -0.15) is 0 Å². The highest BCUT2D eigenvalue weighted by molar-refractivity contribution is 7.80. The number of aromatic nitrogens is 2. The van der Waals surface area contributed by atoms with Gasteiger partial charge in [0, 0.05) is 29.8 Å². The highest BCUT2D eigenvalue weighted by atomic mass is 32.1. The summed E-state index contributed by atoms with van der Waals surface area (Å²) in [5, 5.41) is 4.21. The molecule has 1 saturated heterocycles. The van der Waals surface area contributed by atoms with Gasteiger partial charge in [0.15, 0.2) is 5.11 Å².